The van der Waals surface area contributed by atoms with Crippen LogP contribution < -0.4 is 15.4 Å². The standard InChI is InChI=1S/C25H27N3O4/c1-31-22-8-2-5-18(15-22)17-28-12-10-20(11-13-28)26-24(29)19-6-3-7-21(16-19)27-25(30)23-9-4-14-32-23/h2-9,14-16,20H,10-13,17H2,1H3,(H,26,29)(H,27,30). The van der Waals surface area contributed by atoms with Crippen molar-refractivity contribution < 1.29 is 18.7 Å². The van der Waals surface area contributed by atoms with Gasteiger partial charge < -0.3 is 19.8 Å². The average Bonchev–Trinajstić information content (AvgIpc) is 3.36. The third-order valence-corrected chi connectivity index (χ3v) is 5.59. The normalized spacial score (nSPS) is 14.7. The summed E-state index contributed by atoms with van der Waals surface area (Å²) in [6.45, 7) is 2.71. The molecule has 1 saturated heterocycles. The van der Waals surface area contributed by atoms with Crippen LogP contribution in [0.3, 0.4) is 0 Å². The molecule has 0 radical (unpaired) electrons. The van der Waals surface area contributed by atoms with Crippen molar-refractivity contribution in [2.24, 2.45) is 0 Å². The minimum Gasteiger partial charge on any atom is -0.497 e. The highest BCUT2D eigenvalue weighted by Crippen LogP contribution is 2.18. The van der Waals surface area contributed by atoms with Crippen molar-refractivity contribution in [1.29, 1.82) is 0 Å². The van der Waals surface area contributed by atoms with E-state index in [9.17, 15) is 9.59 Å². The van der Waals surface area contributed by atoms with Crippen LogP contribution in [0.25, 0.3) is 0 Å². The minimum atomic E-state index is -0.351. The van der Waals surface area contributed by atoms with E-state index < -0.39 is 0 Å². The molecule has 0 saturated carbocycles. The van der Waals surface area contributed by atoms with Gasteiger partial charge in [0.1, 0.15) is 5.75 Å². The molecule has 1 fully saturated rings. The molecule has 2 N–H and O–H groups in total. The maximum atomic E-state index is 12.8. The smallest absolute Gasteiger partial charge is 0.291 e. The lowest BCUT2D eigenvalue weighted by molar-refractivity contribution is 0.0908. The first kappa shape index (κ1) is 21.6. The number of hydrogen-bond acceptors (Lipinski definition) is 5. The quantitative estimate of drug-likeness (QED) is 0.590. The van der Waals surface area contributed by atoms with Crippen LogP contribution in [-0.4, -0.2) is 43.0 Å². The van der Waals surface area contributed by atoms with E-state index in [1.165, 1.54) is 11.8 Å². The van der Waals surface area contributed by atoms with Gasteiger partial charge in [-0.2, -0.15) is 0 Å². The van der Waals surface area contributed by atoms with Gasteiger partial charge in [-0.3, -0.25) is 14.5 Å². The highest BCUT2D eigenvalue weighted by Gasteiger charge is 2.21. The van der Waals surface area contributed by atoms with Crippen LogP contribution in [0.1, 0.15) is 39.3 Å². The highest BCUT2D eigenvalue weighted by atomic mass is 16.5. The largest absolute Gasteiger partial charge is 0.497 e. The van der Waals surface area contributed by atoms with E-state index in [2.05, 4.69) is 27.7 Å². The third-order valence-electron chi connectivity index (χ3n) is 5.59. The number of carbonyl (C=O) groups is 2. The van der Waals surface area contributed by atoms with Gasteiger partial charge in [-0.1, -0.05) is 18.2 Å². The molecule has 2 aromatic carbocycles. The summed E-state index contributed by atoms with van der Waals surface area (Å²) < 4.78 is 10.4. The molecule has 0 unspecified atom stereocenters. The topological polar surface area (TPSA) is 83.8 Å². The maximum Gasteiger partial charge on any atom is 0.291 e. The predicted molar refractivity (Wildman–Crippen MR) is 122 cm³/mol. The van der Waals surface area contributed by atoms with E-state index in [1.807, 2.05) is 12.1 Å². The molecule has 2 heterocycles. The van der Waals surface area contributed by atoms with Gasteiger partial charge >= 0.3 is 0 Å². The van der Waals surface area contributed by atoms with E-state index in [4.69, 9.17) is 9.15 Å². The van der Waals surface area contributed by atoms with Gasteiger partial charge in [0.05, 0.1) is 13.4 Å². The number of likely N-dealkylation sites (tertiary alicyclic amines) is 1. The zero-order valence-corrected chi connectivity index (χ0v) is 18.0. The summed E-state index contributed by atoms with van der Waals surface area (Å²) in [7, 11) is 1.68. The molecular weight excluding hydrogens is 406 g/mol. The van der Waals surface area contributed by atoms with E-state index in [-0.39, 0.29) is 23.6 Å². The number of benzene rings is 2. The minimum absolute atomic E-state index is 0.130. The number of piperidine rings is 1. The molecule has 0 spiro atoms. The van der Waals surface area contributed by atoms with Crippen LogP contribution >= 0.6 is 0 Å². The Balaban J connectivity index is 1.28. The van der Waals surface area contributed by atoms with Crippen LogP contribution in [0, 0.1) is 0 Å². The molecule has 4 rings (SSSR count). The van der Waals surface area contributed by atoms with Gasteiger partial charge in [0.25, 0.3) is 11.8 Å². The number of carbonyl (C=O) groups excluding carboxylic acids is 2. The molecule has 166 valence electrons. The number of furan rings is 1. The number of nitrogens with one attached hydrogen (secondary N) is 2. The second-order valence-electron chi connectivity index (χ2n) is 7.89. The predicted octanol–water partition coefficient (Wildman–Crippen LogP) is 3.93. The third kappa shape index (κ3) is 5.56. The Labute approximate surface area is 187 Å². The van der Waals surface area contributed by atoms with Gasteiger partial charge in [-0.15, -0.1) is 0 Å². The summed E-state index contributed by atoms with van der Waals surface area (Å²) in [6, 6.07) is 18.4. The summed E-state index contributed by atoms with van der Waals surface area (Å²) in [5, 5.41) is 5.88. The Morgan fingerprint density at radius 2 is 1.84 bits per heavy atom. The zero-order valence-electron chi connectivity index (χ0n) is 18.0. The maximum absolute atomic E-state index is 12.8. The Morgan fingerprint density at radius 1 is 1.03 bits per heavy atom. The van der Waals surface area contributed by atoms with E-state index in [0.29, 0.717) is 11.3 Å². The number of anilines is 1. The van der Waals surface area contributed by atoms with Crippen molar-refractivity contribution in [2.75, 3.05) is 25.5 Å². The molecule has 0 aliphatic carbocycles. The summed E-state index contributed by atoms with van der Waals surface area (Å²) in [6.07, 6.45) is 3.23. The molecule has 3 aromatic rings. The first-order chi connectivity index (χ1) is 15.6. The Kier molecular flexibility index (Phi) is 6.87. The van der Waals surface area contributed by atoms with E-state index >= 15 is 0 Å². The summed E-state index contributed by atoms with van der Waals surface area (Å²) >= 11 is 0. The van der Waals surface area contributed by atoms with Crippen molar-refractivity contribution in [3.05, 3.63) is 83.8 Å². The molecule has 0 bridgehead atoms. The number of hydrogen-bond donors (Lipinski definition) is 2. The molecule has 32 heavy (non-hydrogen) atoms. The van der Waals surface area contributed by atoms with Crippen molar-refractivity contribution in [3.63, 3.8) is 0 Å². The van der Waals surface area contributed by atoms with Gasteiger partial charge in [0, 0.05) is 36.9 Å². The van der Waals surface area contributed by atoms with Gasteiger partial charge in [0.2, 0.25) is 0 Å². The van der Waals surface area contributed by atoms with Crippen LogP contribution in [-0.2, 0) is 6.54 Å². The Bertz CT molecular complexity index is 1060. The van der Waals surface area contributed by atoms with E-state index in [1.54, 1.807) is 43.5 Å². The molecule has 7 heteroatoms. The lowest BCUT2D eigenvalue weighted by Crippen LogP contribution is -2.44. The van der Waals surface area contributed by atoms with Gasteiger partial charge in [0.15, 0.2) is 5.76 Å². The lowest BCUT2D eigenvalue weighted by atomic mass is 10.0. The fraction of sp³-hybridized carbons (Fsp3) is 0.280. The Morgan fingerprint density at radius 3 is 2.59 bits per heavy atom. The Hall–Kier alpha value is -3.58. The number of rotatable bonds is 7. The second kappa shape index (κ2) is 10.2. The first-order valence-corrected chi connectivity index (χ1v) is 10.7. The van der Waals surface area contributed by atoms with Crippen molar-refractivity contribution in [2.45, 2.75) is 25.4 Å². The average molecular weight is 434 g/mol. The van der Waals surface area contributed by atoms with Crippen molar-refractivity contribution >= 4 is 17.5 Å². The van der Waals surface area contributed by atoms with Crippen molar-refractivity contribution in [3.8, 4) is 5.75 Å². The molecule has 7 nitrogen and oxygen atoms in total. The highest BCUT2D eigenvalue weighted by molar-refractivity contribution is 6.03. The van der Waals surface area contributed by atoms with Gasteiger partial charge in [-0.25, -0.2) is 0 Å². The van der Waals surface area contributed by atoms with Crippen molar-refractivity contribution in [1.82, 2.24) is 10.2 Å². The fourth-order valence-corrected chi connectivity index (χ4v) is 3.87. The molecular formula is C25H27N3O4. The fourth-order valence-electron chi connectivity index (χ4n) is 3.87. The second-order valence-corrected chi connectivity index (χ2v) is 7.89. The monoisotopic (exact) mass is 433 g/mol. The number of methoxy groups -OCH3 is 1. The zero-order chi connectivity index (χ0) is 22.3. The SMILES string of the molecule is COc1cccc(CN2CCC(NC(=O)c3cccc(NC(=O)c4ccco4)c3)CC2)c1. The number of ether oxygens (including phenoxy) is 1. The van der Waals surface area contributed by atoms with Crippen LogP contribution in [0.4, 0.5) is 5.69 Å². The van der Waals surface area contributed by atoms with Crippen LogP contribution in [0.2, 0.25) is 0 Å². The van der Waals surface area contributed by atoms with E-state index in [0.717, 1.165) is 38.2 Å². The van der Waals surface area contributed by atoms with Gasteiger partial charge in [-0.05, 0) is 60.9 Å². The first-order valence-electron chi connectivity index (χ1n) is 10.7. The summed E-state index contributed by atoms with van der Waals surface area (Å²) in [5.41, 5.74) is 2.29. The van der Waals surface area contributed by atoms with Crippen LogP contribution in [0.5, 0.6) is 5.75 Å². The summed E-state index contributed by atoms with van der Waals surface area (Å²) in [4.78, 5) is 27.3. The number of nitrogens with zero attached hydrogens (tertiary/aromatic N) is 1. The summed E-state index contributed by atoms with van der Waals surface area (Å²) in [5.74, 6) is 0.606. The molecule has 0 atom stereocenters. The number of amides is 2. The molecule has 1 aromatic heterocycles. The molecule has 2 amide bonds. The van der Waals surface area contributed by atoms with Crippen LogP contribution in [0.15, 0.2) is 71.3 Å². The lowest BCUT2D eigenvalue weighted by Gasteiger charge is -2.32. The molecule has 1 aliphatic rings. The molecule has 1 aliphatic heterocycles.